The molecule has 0 amide bonds. The van der Waals surface area contributed by atoms with Crippen LogP contribution in [0.3, 0.4) is 0 Å². The predicted molar refractivity (Wildman–Crippen MR) is 69.0 cm³/mol. The van der Waals surface area contributed by atoms with Crippen molar-refractivity contribution >= 4 is 5.78 Å². The van der Waals surface area contributed by atoms with E-state index in [1.54, 1.807) is 0 Å². The van der Waals surface area contributed by atoms with E-state index in [-0.39, 0.29) is 5.92 Å². The quantitative estimate of drug-likeness (QED) is 0.743. The molecule has 98 valence electrons. The van der Waals surface area contributed by atoms with Crippen LogP contribution in [-0.2, 0) is 9.53 Å². The molecule has 0 heterocycles. The van der Waals surface area contributed by atoms with Gasteiger partial charge in [0.15, 0.2) is 5.78 Å². The van der Waals surface area contributed by atoms with Crippen molar-refractivity contribution in [1.29, 1.82) is 0 Å². The molecule has 0 atom stereocenters. The van der Waals surface area contributed by atoms with Crippen molar-refractivity contribution in [2.45, 2.75) is 83.3 Å². The van der Waals surface area contributed by atoms with Crippen LogP contribution in [0.4, 0.5) is 0 Å². The first kappa shape index (κ1) is 13.1. The lowest BCUT2D eigenvalue weighted by Crippen LogP contribution is -2.47. The van der Waals surface area contributed by atoms with Crippen molar-refractivity contribution in [3.8, 4) is 0 Å². The number of hydrogen-bond donors (Lipinski definition) is 0. The van der Waals surface area contributed by atoms with Gasteiger partial charge in [0, 0.05) is 5.92 Å². The summed E-state index contributed by atoms with van der Waals surface area (Å²) in [5, 5.41) is 0. The van der Waals surface area contributed by atoms with Gasteiger partial charge in [0.1, 0.15) is 5.60 Å². The molecule has 0 aromatic carbocycles. The lowest BCUT2D eigenvalue weighted by molar-refractivity contribution is -0.162. The molecule has 2 rings (SSSR count). The molecular weight excluding hydrogens is 212 g/mol. The highest BCUT2D eigenvalue weighted by Crippen LogP contribution is 2.38. The van der Waals surface area contributed by atoms with Gasteiger partial charge < -0.3 is 4.74 Å². The Morgan fingerprint density at radius 2 is 1.65 bits per heavy atom. The third-order valence-electron chi connectivity index (χ3n) is 4.33. The van der Waals surface area contributed by atoms with Crippen molar-refractivity contribution in [1.82, 2.24) is 0 Å². The number of carbonyl (C=O) groups excluding carboxylic acids is 1. The highest BCUT2D eigenvalue weighted by Gasteiger charge is 2.43. The van der Waals surface area contributed by atoms with Crippen LogP contribution in [0.5, 0.6) is 0 Å². The first-order valence-electron chi connectivity index (χ1n) is 7.36. The molecule has 17 heavy (non-hydrogen) atoms. The van der Waals surface area contributed by atoms with Crippen LogP contribution < -0.4 is 0 Å². The molecule has 2 saturated carbocycles. The van der Waals surface area contributed by atoms with Gasteiger partial charge in [-0.25, -0.2) is 0 Å². The summed E-state index contributed by atoms with van der Waals surface area (Å²) in [5.41, 5.74) is -0.415. The van der Waals surface area contributed by atoms with E-state index >= 15 is 0 Å². The molecule has 2 heteroatoms. The average molecular weight is 238 g/mol. The summed E-state index contributed by atoms with van der Waals surface area (Å²) < 4.78 is 6.31. The molecule has 2 aliphatic carbocycles. The Balaban J connectivity index is 2.07. The lowest BCUT2D eigenvalue weighted by atomic mass is 9.78. The second kappa shape index (κ2) is 5.51. The number of rotatable bonds is 4. The summed E-state index contributed by atoms with van der Waals surface area (Å²) in [5.74, 6) is 0.457. The molecule has 0 bridgehead atoms. The fourth-order valence-electron chi connectivity index (χ4n) is 3.40. The third kappa shape index (κ3) is 2.90. The van der Waals surface area contributed by atoms with Gasteiger partial charge in [-0.15, -0.1) is 0 Å². The topological polar surface area (TPSA) is 26.3 Å². The van der Waals surface area contributed by atoms with E-state index in [9.17, 15) is 4.79 Å². The number of ketones is 1. The Kier molecular flexibility index (Phi) is 4.24. The Hall–Kier alpha value is -0.370. The number of ether oxygens (including phenoxy) is 1. The van der Waals surface area contributed by atoms with Gasteiger partial charge in [-0.1, -0.05) is 46.0 Å². The van der Waals surface area contributed by atoms with E-state index in [1.807, 2.05) is 13.8 Å². The summed E-state index contributed by atoms with van der Waals surface area (Å²) in [7, 11) is 0. The SMILES string of the molecule is CC(C)C(=O)C1(OC2CCCC2)CCCCC1. The minimum Gasteiger partial charge on any atom is -0.364 e. The van der Waals surface area contributed by atoms with Crippen molar-refractivity contribution in [2.75, 3.05) is 0 Å². The molecule has 0 saturated heterocycles. The largest absolute Gasteiger partial charge is 0.364 e. The van der Waals surface area contributed by atoms with Gasteiger partial charge >= 0.3 is 0 Å². The Morgan fingerprint density at radius 3 is 2.18 bits per heavy atom. The predicted octanol–water partition coefficient (Wildman–Crippen LogP) is 3.87. The van der Waals surface area contributed by atoms with E-state index in [2.05, 4.69) is 0 Å². The lowest BCUT2D eigenvalue weighted by Gasteiger charge is -2.39. The van der Waals surface area contributed by atoms with Gasteiger partial charge in [0.05, 0.1) is 6.10 Å². The molecule has 0 aromatic rings. The minimum atomic E-state index is -0.415. The monoisotopic (exact) mass is 238 g/mol. The van der Waals surface area contributed by atoms with Crippen molar-refractivity contribution in [3.63, 3.8) is 0 Å². The van der Waals surface area contributed by atoms with Crippen LogP contribution in [-0.4, -0.2) is 17.5 Å². The maximum Gasteiger partial charge on any atom is 0.167 e. The number of carbonyl (C=O) groups is 1. The van der Waals surface area contributed by atoms with Crippen LogP contribution in [0.2, 0.25) is 0 Å². The molecule has 0 N–H and O–H groups in total. The van der Waals surface area contributed by atoms with Gasteiger partial charge in [-0.05, 0) is 25.7 Å². The zero-order chi connectivity index (χ0) is 12.3. The Labute approximate surface area is 105 Å². The summed E-state index contributed by atoms with van der Waals surface area (Å²) in [6.45, 7) is 4.02. The molecule has 0 aromatic heterocycles. The number of hydrogen-bond acceptors (Lipinski definition) is 2. The molecule has 0 spiro atoms. The summed E-state index contributed by atoms with van der Waals surface area (Å²) in [4.78, 5) is 12.5. The molecular formula is C15H26O2. The van der Waals surface area contributed by atoms with E-state index in [0.717, 1.165) is 38.5 Å². The maximum atomic E-state index is 12.5. The van der Waals surface area contributed by atoms with Gasteiger partial charge in [-0.3, -0.25) is 4.79 Å². The first-order valence-corrected chi connectivity index (χ1v) is 7.36. The van der Waals surface area contributed by atoms with E-state index < -0.39 is 5.60 Å². The Bertz CT molecular complexity index is 258. The highest BCUT2D eigenvalue weighted by molar-refractivity contribution is 5.89. The average Bonchev–Trinajstić information content (AvgIpc) is 2.81. The van der Waals surface area contributed by atoms with E-state index in [1.165, 1.54) is 19.3 Å². The van der Waals surface area contributed by atoms with Gasteiger partial charge in [-0.2, -0.15) is 0 Å². The van der Waals surface area contributed by atoms with Crippen LogP contribution in [0.15, 0.2) is 0 Å². The third-order valence-corrected chi connectivity index (χ3v) is 4.33. The van der Waals surface area contributed by atoms with E-state index in [0.29, 0.717) is 11.9 Å². The maximum absolute atomic E-state index is 12.5. The van der Waals surface area contributed by atoms with Crippen LogP contribution in [0, 0.1) is 5.92 Å². The van der Waals surface area contributed by atoms with Crippen molar-refractivity contribution in [2.24, 2.45) is 5.92 Å². The minimum absolute atomic E-state index is 0.106. The second-order valence-electron chi connectivity index (χ2n) is 6.10. The zero-order valence-corrected chi connectivity index (χ0v) is 11.3. The summed E-state index contributed by atoms with van der Waals surface area (Å²) in [6.07, 6.45) is 10.7. The van der Waals surface area contributed by atoms with Crippen LogP contribution >= 0.6 is 0 Å². The first-order chi connectivity index (χ1) is 8.14. The zero-order valence-electron chi connectivity index (χ0n) is 11.3. The highest BCUT2D eigenvalue weighted by atomic mass is 16.5. The van der Waals surface area contributed by atoms with Crippen molar-refractivity contribution in [3.05, 3.63) is 0 Å². The fourth-order valence-corrected chi connectivity index (χ4v) is 3.40. The molecule has 0 unspecified atom stereocenters. The summed E-state index contributed by atoms with van der Waals surface area (Å²) >= 11 is 0. The smallest absolute Gasteiger partial charge is 0.167 e. The Morgan fingerprint density at radius 1 is 1.06 bits per heavy atom. The van der Waals surface area contributed by atoms with Crippen LogP contribution in [0.1, 0.15) is 71.6 Å². The molecule has 2 fully saturated rings. The second-order valence-corrected chi connectivity index (χ2v) is 6.10. The normalized spacial score (nSPS) is 25.4. The van der Waals surface area contributed by atoms with Crippen LogP contribution in [0.25, 0.3) is 0 Å². The van der Waals surface area contributed by atoms with E-state index in [4.69, 9.17) is 4.74 Å². The molecule has 0 aliphatic heterocycles. The summed E-state index contributed by atoms with van der Waals surface area (Å²) in [6, 6.07) is 0. The van der Waals surface area contributed by atoms with Gasteiger partial charge in [0.25, 0.3) is 0 Å². The number of Topliss-reactive ketones (excluding diaryl/α,β-unsaturated/α-hetero) is 1. The molecule has 2 nitrogen and oxygen atoms in total. The van der Waals surface area contributed by atoms with Gasteiger partial charge in [0.2, 0.25) is 0 Å². The fraction of sp³-hybridized carbons (Fsp3) is 0.933. The standard InChI is InChI=1S/C15H26O2/c1-12(2)14(16)15(10-6-3-7-11-15)17-13-8-4-5-9-13/h12-13H,3-11H2,1-2H3. The molecule has 0 radical (unpaired) electrons. The van der Waals surface area contributed by atoms with Crippen molar-refractivity contribution < 1.29 is 9.53 Å². The molecule has 2 aliphatic rings.